The second-order valence-electron chi connectivity index (χ2n) is 2.28. The summed E-state index contributed by atoms with van der Waals surface area (Å²) in [6.07, 6.45) is 0. The summed E-state index contributed by atoms with van der Waals surface area (Å²) in [5.41, 5.74) is 11.3. The molecule has 0 aliphatic rings. The summed E-state index contributed by atoms with van der Waals surface area (Å²) in [6.45, 7) is 4.00. The standard InChI is InChI=1S/C8H7N3O.C2H6/c9-4-5-1-2-7(10)6(3-5)8(11)12;1-2/h1-3H,10H2,(H2,11,12);1-2H3. The number of nitrogens with two attached hydrogens (primary N) is 2. The van der Waals surface area contributed by atoms with Crippen LogP contribution in [0.3, 0.4) is 0 Å². The minimum atomic E-state index is -0.621. The molecule has 74 valence electrons. The first-order chi connectivity index (χ1) is 6.65. The highest BCUT2D eigenvalue weighted by Gasteiger charge is 2.05. The van der Waals surface area contributed by atoms with Crippen LogP contribution in [-0.4, -0.2) is 5.91 Å². The first-order valence-corrected chi connectivity index (χ1v) is 4.24. The third-order valence-corrected chi connectivity index (χ3v) is 1.45. The monoisotopic (exact) mass is 191 g/mol. The summed E-state index contributed by atoms with van der Waals surface area (Å²) in [5, 5.41) is 8.49. The van der Waals surface area contributed by atoms with Crippen LogP contribution in [0.2, 0.25) is 0 Å². The topological polar surface area (TPSA) is 92.9 Å². The molecule has 0 unspecified atom stereocenters. The molecular formula is C10H13N3O. The quantitative estimate of drug-likeness (QED) is 0.654. The lowest BCUT2D eigenvalue weighted by Gasteiger charge is -1.99. The van der Waals surface area contributed by atoms with Crippen molar-refractivity contribution in [1.82, 2.24) is 0 Å². The lowest BCUT2D eigenvalue weighted by Crippen LogP contribution is -2.13. The highest BCUT2D eigenvalue weighted by Crippen LogP contribution is 2.12. The van der Waals surface area contributed by atoms with E-state index in [1.165, 1.54) is 18.2 Å². The molecule has 4 N–H and O–H groups in total. The summed E-state index contributed by atoms with van der Waals surface area (Å²) in [4.78, 5) is 10.7. The molecule has 4 nitrogen and oxygen atoms in total. The third-order valence-electron chi connectivity index (χ3n) is 1.45. The van der Waals surface area contributed by atoms with Crippen LogP contribution in [0.5, 0.6) is 0 Å². The predicted octanol–water partition coefficient (Wildman–Crippen LogP) is 1.27. The fourth-order valence-electron chi connectivity index (χ4n) is 0.839. The van der Waals surface area contributed by atoms with E-state index in [1.807, 2.05) is 19.9 Å². The SMILES string of the molecule is CC.N#Cc1ccc(N)c(C(N)=O)c1. The van der Waals surface area contributed by atoms with Gasteiger partial charge < -0.3 is 11.5 Å². The van der Waals surface area contributed by atoms with E-state index < -0.39 is 5.91 Å². The minimum absolute atomic E-state index is 0.189. The number of amides is 1. The van der Waals surface area contributed by atoms with Gasteiger partial charge in [0.15, 0.2) is 0 Å². The molecule has 1 aromatic rings. The molecule has 0 aromatic heterocycles. The molecule has 0 saturated carbocycles. The van der Waals surface area contributed by atoms with Crippen molar-refractivity contribution in [2.24, 2.45) is 5.73 Å². The van der Waals surface area contributed by atoms with E-state index in [4.69, 9.17) is 16.7 Å². The molecule has 1 rings (SSSR count). The molecule has 0 saturated heterocycles. The summed E-state index contributed by atoms with van der Waals surface area (Å²) in [7, 11) is 0. The number of anilines is 1. The van der Waals surface area contributed by atoms with Gasteiger partial charge in [0.2, 0.25) is 0 Å². The highest BCUT2D eigenvalue weighted by molar-refractivity contribution is 5.98. The maximum atomic E-state index is 10.7. The Morgan fingerprint density at radius 3 is 2.43 bits per heavy atom. The zero-order valence-electron chi connectivity index (χ0n) is 8.24. The molecular weight excluding hydrogens is 178 g/mol. The number of benzene rings is 1. The van der Waals surface area contributed by atoms with Crippen molar-refractivity contribution in [3.63, 3.8) is 0 Å². The molecule has 4 heteroatoms. The van der Waals surface area contributed by atoms with Crippen molar-refractivity contribution >= 4 is 11.6 Å². The summed E-state index contributed by atoms with van der Waals surface area (Å²) < 4.78 is 0. The van der Waals surface area contributed by atoms with E-state index in [1.54, 1.807) is 0 Å². The number of hydrogen-bond donors (Lipinski definition) is 2. The van der Waals surface area contributed by atoms with Gasteiger partial charge in [0.25, 0.3) is 5.91 Å². The Balaban J connectivity index is 0.000000791. The van der Waals surface area contributed by atoms with Crippen LogP contribution >= 0.6 is 0 Å². The predicted molar refractivity (Wildman–Crippen MR) is 55.4 cm³/mol. The molecule has 14 heavy (non-hydrogen) atoms. The van der Waals surface area contributed by atoms with E-state index in [0.717, 1.165) is 0 Å². The second kappa shape index (κ2) is 5.60. The van der Waals surface area contributed by atoms with Crippen molar-refractivity contribution in [3.8, 4) is 6.07 Å². The van der Waals surface area contributed by atoms with Crippen LogP contribution in [0.25, 0.3) is 0 Å². The van der Waals surface area contributed by atoms with Crippen molar-refractivity contribution in [2.75, 3.05) is 5.73 Å². The number of nitriles is 1. The van der Waals surface area contributed by atoms with Crippen LogP contribution in [-0.2, 0) is 0 Å². The van der Waals surface area contributed by atoms with Gasteiger partial charge in [0.05, 0.1) is 17.2 Å². The Bertz CT molecular complexity index is 366. The van der Waals surface area contributed by atoms with Crippen molar-refractivity contribution < 1.29 is 4.79 Å². The van der Waals surface area contributed by atoms with Crippen LogP contribution in [0.4, 0.5) is 5.69 Å². The fraction of sp³-hybridized carbons (Fsp3) is 0.200. The lowest BCUT2D eigenvalue weighted by molar-refractivity contribution is 0.100. The van der Waals surface area contributed by atoms with Crippen molar-refractivity contribution in [1.29, 1.82) is 5.26 Å². The zero-order chi connectivity index (χ0) is 11.1. The summed E-state index contributed by atoms with van der Waals surface area (Å²) in [5.74, 6) is -0.621. The average molecular weight is 191 g/mol. The molecule has 0 bridgehead atoms. The van der Waals surface area contributed by atoms with E-state index in [0.29, 0.717) is 11.3 Å². The average Bonchev–Trinajstić information content (AvgIpc) is 2.21. The Labute approximate surface area is 83.1 Å². The Morgan fingerprint density at radius 2 is 2.00 bits per heavy atom. The maximum absolute atomic E-state index is 10.7. The normalized spacial score (nSPS) is 8.07. The smallest absolute Gasteiger partial charge is 0.250 e. The molecule has 0 heterocycles. The van der Waals surface area contributed by atoms with Crippen LogP contribution in [0.1, 0.15) is 29.8 Å². The Kier molecular flexibility index (Phi) is 4.79. The van der Waals surface area contributed by atoms with Gasteiger partial charge in [0.1, 0.15) is 0 Å². The van der Waals surface area contributed by atoms with Gasteiger partial charge >= 0.3 is 0 Å². The van der Waals surface area contributed by atoms with Crippen molar-refractivity contribution in [2.45, 2.75) is 13.8 Å². The van der Waals surface area contributed by atoms with Crippen molar-refractivity contribution in [3.05, 3.63) is 29.3 Å². The highest BCUT2D eigenvalue weighted by atomic mass is 16.1. The first-order valence-electron chi connectivity index (χ1n) is 4.24. The summed E-state index contributed by atoms with van der Waals surface area (Å²) in [6, 6.07) is 6.27. The van der Waals surface area contributed by atoms with Gasteiger partial charge in [-0.3, -0.25) is 4.79 Å². The Morgan fingerprint density at radius 1 is 1.43 bits per heavy atom. The van der Waals surface area contributed by atoms with Gasteiger partial charge in [-0.15, -0.1) is 0 Å². The lowest BCUT2D eigenvalue weighted by atomic mass is 10.1. The number of carbonyl (C=O) groups excluding carboxylic acids is 1. The third kappa shape index (κ3) is 2.79. The first kappa shape index (κ1) is 12.0. The maximum Gasteiger partial charge on any atom is 0.250 e. The molecule has 0 radical (unpaired) electrons. The minimum Gasteiger partial charge on any atom is -0.398 e. The molecule has 1 aromatic carbocycles. The van der Waals surface area contributed by atoms with Crippen LogP contribution < -0.4 is 11.5 Å². The molecule has 0 fully saturated rings. The number of nitrogens with zero attached hydrogens (tertiary/aromatic N) is 1. The zero-order valence-corrected chi connectivity index (χ0v) is 8.24. The van der Waals surface area contributed by atoms with Gasteiger partial charge in [-0.2, -0.15) is 5.26 Å². The fourth-order valence-corrected chi connectivity index (χ4v) is 0.839. The van der Waals surface area contributed by atoms with Crippen LogP contribution in [0.15, 0.2) is 18.2 Å². The molecule has 0 spiro atoms. The number of primary amides is 1. The second-order valence-corrected chi connectivity index (χ2v) is 2.28. The number of hydrogen-bond acceptors (Lipinski definition) is 3. The van der Waals surface area contributed by atoms with E-state index >= 15 is 0 Å². The largest absolute Gasteiger partial charge is 0.398 e. The molecule has 1 amide bonds. The van der Waals surface area contributed by atoms with E-state index in [9.17, 15) is 4.79 Å². The number of carbonyl (C=O) groups is 1. The number of rotatable bonds is 1. The molecule has 0 aliphatic heterocycles. The molecule has 0 atom stereocenters. The van der Waals surface area contributed by atoms with E-state index in [2.05, 4.69) is 0 Å². The van der Waals surface area contributed by atoms with E-state index in [-0.39, 0.29) is 5.56 Å². The summed E-state index contributed by atoms with van der Waals surface area (Å²) >= 11 is 0. The van der Waals surface area contributed by atoms with Gasteiger partial charge in [0, 0.05) is 5.69 Å². The van der Waals surface area contributed by atoms with Crippen LogP contribution in [0, 0.1) is 11.3 Å². The number of nitrogen functional groups attached to an aromatic ring is 1. The Hall–Kier alpha value is -2.02. The van der Waals surface area contributed by atoms with Gasteiger partial charge in [-0.1, -0.05) is 13.8 Å². The molecule has 0 aliphatic carbocycles. The van der Waals surface area contributed by atoms with Gasteiger partial charge in [-0.25, -0.2) is 0 Å². The van der Waals surface area contributed by atoms with Gasteiger partial charge in [-0.05, 0) is 18.2 Å².